The molecule has 0 radical (unpaired) electrons. The maximum Gasteiger partial charge on any atom is 0.305 e. The number of carbonyl (C=O) groups excluding carboxylic acids is 1. The number of rotatable bonds is 4. The van der Waals surface area contributed by atoms with Crippen LogP contribution in [-0.2, 0) is 4.79 Å². The van der Waals surface area contributed by atoms with E-state index in [2.05, 4.69) is 10.3 Å². The number of nitrogens with one attached hydrogen (secondary N) is 1. The van der Waals surface area contributed by atoms with E-state index in [1.54, 1.807) is 33.0 Å². The van der Waals surface area contributed by atoms with Crippen molar-refractivity contribution in [2.75, 3.05) is 0 Å². The van der Waals surface area contributed by atoms with Gasteiger partial charge in [-0.25, -0.2) is 0 Å². The summed E-state index contributed by atoms with van der Waals surface area (Å²) in [6.45, 7) is 5.15. The van der Waals surface area contributed by atoms with Crippen molar-refractivity contribution in [3.8, 4) is 0 Å². The predicted octanol–water partition coefficient (Wildman–Crippen LogP) is 1.37. The zero-order valence-corrected chi connectivity index (χ0v) is 10.2. The Morgan fingerprint density at radius 1 is 1.47 bits per heavy atom. The Morgan fingerprint density at radius 2 is 2.12 bits per heavy atom. The largest absolute Gasteiger partial charge is 0.481 e. The molecule has 0 saturated carbocycles. The summed E-state index contributed by atoms with van der Waals surface area (Å²) in [6.07, 6.45) is 2.95. The number of carboxylic acids is 1. The van der Waals surface area contributed by atoms with Gasteiger partial charge >= 0.3 is 5.97 Å². The van der Waals surface area contributed by atoms with E-state index in [4.69, 9.17) is 5.11 Å². The fourth-order valence-corrected chi connectivity index (χ4v) is 1.50. The lowest BCUT2D eigenvalue weighted by molar-refractivity contribution is -0.138. The van der Waals surface area contributed by atoms with Gasteiger partial charge in [0, 0.05) is 17.9 Å². The fraction of sp³-hybridized carbons (Fsp3) is 0.417. The minimum absolute atomic E-state index is 0.127. The van der Waals surface area contributed by atoms with Crippen LogP contribution in [0.2, 0.25) is 0 Å². The molecule has 0 fully saturated rings. The van der Waals surface area contributed by atoms with Crippen molar-refractivity contribution >= 4 is 11.9 Å². The van der Waals surface area contributed by atoms with E-state index in [-0.39, 0.29) is 12.3 Å². The molecule has 17 heavy (non-hydrogen) atoms. The first-order valence-electron chi connectivity index (χ1n) is 5.27. The maximum atomic E-state index is 11.9. The highest BCUT2D eigenvalue weighted by molar-refractivity contribution is 5.95. The van der Waals surface area contributed by atoms with Crippen LogP contribution in [-0.4, -0.2) is 27.5 Å². The van der Waals surface area contributed by atoms with Gasteiger partial charge in [0.2, 0.25) is 0 Å². The van der Waals surface area contributed by atoms with Gasteiger partial charge < -0.3 is 10.4 Å². The minimum Gasteiger partial charge on any atom is -0.481 e. The number of aliphatic carboxylic acids is 1. The molecule has 0 unspecified atom stereocenters. The van der Waals surface area contributed by atoms with Gasteiger partial charge in [0.25, 0.3) is 5.91 Å². The lowest BCUT2D eigenvalue weighted by atomic mass is 10.00. The van der Waals surface area contributed by atoms with Crippen molar-refractivity contribution in [3.63, 3.8) is 0 Å². The number of carboxylic acid groups (broad SMARTS) is 1. The molecule has 1 aromatic heterocycles. The zero-order chi connectivity index (χ0) is 13.1. The number of pyridine rings is 1. The van der Waals surface area contributed by atoms with Crippen molar-refractivity contribution in [1.82, 2.24) is 10.3 Å². The molecule has 5 nitrogen and oxygen atoms in total. The third kappa shape index (κ3) is 3.86. The Hall–Kier alpha value is -1.91. The first-order valence-corrected chi connectivity index (χ1v) is 5.27. The Labute approximate surface area is 99.9 Å². The van der Waals surface area contributed by atoms with E-state index in [0.717, 1.165) is 5.56 Å². The van der Waals surface area contributed by atoms with Crippen LogP contribution in [0.15, 0.2) is 18.5 Å². The number of aromatic nitrogens is 1. The first-order chi connectivity index (χ1) is 7.82. The fourth-order valence-electron chi connectivity index (χ4n) is 1.50. The molecule has 0 aliphatic heterocycles. The van der Waals surface area contributed by atoms with Crippen molar-refractivity contribution in [3.05, 3.63) is 29.6 Å². The summed E-state index contributed by atoms with van der Waals surface area (Å²) in [4.78, 5) is 26.4. The summed E-state index contributed by atoms with van der Waals surface area (Å²) < 4.78 is 0. The average Bonchev–Trinajstić information content (AvgIpc) is 2.14. The van der Waals surface area contributed by atoms with E-state index < -0.39 is 11.5 Å². The normalized spacial score (nSPS) is 11.0. The first kappa shape index (κ1) is 13.2. The van der Waals surface area contributed by atoms with Crippen molar-refractivity contribution in [2.24, 2.45) is 0 Å². The Bertz CT molecular complexity index is 441. The van der Waals surface area contributed by atoms with Crippen LogP contribution in [0.3, 0.4) is 0 Å². The molecule has 2 N–H and O–H groups in total. The average molecular weight is 236 g/mol. The molecule has 92 valence electrons. The van der Waals surface area contributed by atoms with E-state index in [1.165, 1.54) is 6.20 Å². The monoisotopic (exact) mass is 236 g/mol. The van der Waals surface area contributed by atoms with Crippen LogP contribution in [0.5, 0.6) is 0 Å². The van der Waals surface area contributed by atoms with Crippen molar-refractivity contribution in [1.29, 1.82) is 0 Å². The molecule has 0 aliphatic rings. The van der Waals surface area contributed by atoms with Gasteiger partial charge in [-0.1, -0.05) is 0 Å². The van der Waals surface area contributed by atoms with Gasteiger partial charge in [-0.3, -0.25) is 14.6 Å². The third-order valence-corrected chi connectivity index (χ3v) is 2.33. The number of carbonyl (C=O) groups is 2. The maximum absolute atomic E-state index is 11.9. The molecule has 0 aromatic carbocycles. The highest BCUT2D eigenvalue weighted by Gasteiger charge is 2.24. The smallest absolute Gasteiger partial charge is 0.305 e. The SMILES string of the molecule is Cc1ccncc1C(=O)NC(C)(C)CC(=O)O. The second-order valence-electron chi connectivity index (χ2n) is 4.60. The van der Waals surface area contributed by atoms with Crippen LogP contribution < -0.4 is 5.32 Å². The summed E-state index contributed by atoms with van der Waals surface area (Å²) >= 11 is 0. The Balaban J connectivity index is 2.79. The van der Waals surface area contributed by atoms with Crippen LogP contribution in [0, 0.1) is 6.92 Å². The van der Waals surface area contributed by atoms with E-state index >= 15 is 0 Å². The van der Waals surface area contributed by atoms with E-state index in [0.29, 0.717) is 5.56 Å². The standard InChI is InChI=1S/C12H16N2O3/c1-8-4-5-13-7-9(8)11(17)14-12(2,3)6-10(15)16/h4-5,7H,6H2,1-3H3,(H,14,17)(H,15,16). The highest BCUT2D eigenvalue weighted by Crippen LogP contribution is 2.11. The van der Waals surface area contributed by atoms with Gasteiger partial charge in [0.05, 0.1) is 12.0 Å². The van der Waals surface area contributed by atoms with Gasteiger partial charge in [0.1, 0.15) is 0 Å². The summed E-state index contributed by atoms with van der Waals surface area (Å²) in [7, 11) is 0. The summed E-state index contributed by atoms with van der Waals surface area (Å²) in [5.74, 6) is -1.25. The second kappa shape index (κ2) is 4.95. The van der Waals surface area contributed by atoms with E-state index in [1.807, 2.05) is 0 Å². The van der Waals surface area contributed by atoms with Crippen molar-refractivity contribution in [2.45, 2.75) is 32.7 Å². The minimum atomic E-state index is -0.946. The van der Waals surface area contributed by atoms with Crippen LogP contribution >= 0.6 is 0 Å². The zero-order valence-electron chi connectivity index (χ0n) is 10.2. The highest BCUT2D eigenvalue weighted by atomic mass is 16.4. The molecular formula is C12H16N2O3. The van der Waals surface area contributed by atoms with Crippen LogP contribution in [0.1, 0.15) is 36.2 Å². The molecule has 0 aliphatic carbocycles. The van der Waals surface area contributed by atoms with Crippen molar-refractivity contribution < 1.29 is 14.7 Å². The topological polar surface area (TPSA) is 79.3 Å². The second-order valence-corrected chi connectivity index (χ2v) is 4.60. The molecule has 0 bridgehead atoms. The summed E-state index contributed by atoms with van der Waals surface area (Å²) in [6, 6.07) is 1.74. The number of nitrogens with zero attached hydrogens (tertiary/aromatic N) is 1. The Kier molecular flexibility index (Phi) is 3.83. The third-order valence-electron chi connectivity index (χ3n) is 2.33. The quantitative estimate of drug-likeness (QED) is 0.827. The van der Waals surface area contributed by atoms with Crippen LogP contribution in [0.25, 0.3) is 0 Å². The molecular weight excluding hydrogens is 220 g/mol. The number of hydrogen-bond donors (Lipinski definition) is 2. The lowest BCUT2D eigenvalue weighted by Gasteiger charge is -2.24. The molecule has 0 atom stereocenters. The number of hydrogen-bond acceptors (Lipinski definition) is 3. The molecule has 5 heteroatoms. The Morgan fingerprint density at radius 3 is 2.65 bits per heavy atom. The predicted molar refractivity (Wildman–Crippen MR) is 62.8 cm³/mol. The molecule has 1 rings (SSSR count). The lowest BCUT2D eigenvalue weighted by Crippen LogP contribution is -2.45. The van der Waals surface area contributed by atoms with Gasteiger partial charge in [-0.15, -0.1) is 0 Å². The van der Waals surface area contributed by atoms with E-state index in [9.17, 15) is 9.59 Å². The molecule has 0 saturated heterocycles. The van der Waals surface area contributed by atoms with Crippen LogP contribution in [0.4, 0.5) is 0 Å². The number of aryl methyl sites for hydroxylation is 1. The molecule has 0 spiro atoms. The van der Waals surface area contributed by atoms with Gasteiger partial charge in [-0.2, -0.15) is 0 Å². The van der Waals surface area contributed by atoms with Gasteiger partial charge in [-0.05, 0) is 32.4 Å². The van der Waals surface area contributed by atoms with Gasteiger partial charge in [0.15, 0.2) is 0 Å². The molecule has 1 amide bonds. The molecule has 1 heterocycles. The summed E-state index contributed by atoms with van der Waals surface area (Å²) in [5.41, 5.74) is 0.486. The molecule has 1 aromatic rings. The number of amides is 1. The summed E-state index contributed by atoms with van der Waals surface area (Å²) in [5, 5.41) is 11.4.